The number of non-ortho nitro benzene ring substituents is 1. The second-order valence-electron chi connectivity index (χ2n) is 7.38. The predicted molar refractivity (Wildman–Crippen MR) is 122 cm³/mol. The normalized spacial score (nSPS) is 13.6. The molecule has 1 aliphatic rings. The number of hydrogen-bond donors (Lipinski definition) is 1. The van der Waals surface area contributed by atoms with Gasteiger partial charge in [-0.05, 0) is 36.4 Å². The Morgan fingerprint density at radius 2 is 1.82 bits per heavy atom. The van der Waals surface area contributed by atoms with Gasteiger partial charge in [-0.3, -0.25) is 10.1 Å². The Balaban J connectivity index is 1.41. The van der Waals surface area contributed by atoms with Crippen LogP contribution in [0.15, 0.2) is 67.1 Å². The summed E-state index contributed by atoms with van der Waals surface area (Å²) in [6, 6.07) is 14.3. The largest absolute Gasteiger partial charge is 0.378 e. The molecule has 0 unspecified atom stereocenters. The van der Waals surface area contributed by atoms with Crippen LogP contribution in [0.5, 0.6) is 0 Å². The highest BCUT2D eigenvalue weighted by atomic mass is 16.6. The number of nitrogens with one attached hydrogen (secondary N) is 1. The van der Waals surface area contributed by atoms with Crippen LogP contribution >= 0.6 is 0 Å². The minimum absolute atomic E-state index is 0.0193. The summed E-state index contributed by atoms with van der Waals surface area (Å²) < 4.78 is 7.06. The first kappa shape index (κ1) is 20.5. The molecule has 11 heteroatoms. The molecule has 166 valence electrons. The molecule has 1 aliphatic heterocycles. The van der Waals surface area contributed by atoms with Crippen molar-refractivity contribution in [3.63, 3.8) is 0 Å². The summed E-state index contributed by atoms with van der Waals surface area (Å²) in [6.07, 6.45) is 5.00. The maximum atomic E-state index is 11.5. The molecule has 0 saturated carbocycles. The number of nitro groups is 1. The third kappa shape index (κ3) is 4.62. The standard InChI is InChI=1S/C22H20N8O3/c31-30(32)20-14-16(13-19(15-20)28-9-11-33-12-10-28)21-5-6-23-22(26-21)25-17-1-3-18(4-2-17)29-8-7-24-27-29/h1-8,13-15H,9-12H2,(H,23,25,26). The van der Waals surface area contributed by atoms with E-state index in [9.17, 15) is 10.1 Å². The molecule has 0 amide bonds. The van der Waals surface area contributed by atoms with Crippen LogP contribution in [0.4, 0.5) is 23.0 Å². The topological polar surface area (TPSA) is 124 Å². The van der Waals surface area contributed by atoms with Gasteiger partial charge in [0.05, 0.1) is 41.9 Å². The summed E-state index contributed by atoms with van der Waals surface area (Å²) in [5.41, 5.74) is 3.71. The van der Waals surface area contributed by atoms with Crippen LogP contribution in [0.2, 0.25) is 0 Å². The minimum atomic E-state index is -0.384. The highest BCUT2D eigenvalue weighted by Crippen LogP contribution is 2.30. The number of benzene rings is 2. The highest BCUT2D eigenvalue weighted by molar-refractivity contribution is 5.71. The number of aromatic nitrogens is 5. The van der Waals surface area contributed by atoms with Crippen LogP contribution < -0.4 is 10.2 Å². The molecule has 0 aliphatic carbocycles. The first-order valence-electron chi connectivity index (χ1n) is 10.3. The first-order chi connectivity index (χ1) is 16.2. The Hall–Kier alpha value is -4.38. The SMILES string of the molecule is O=[N+]([O-])c1cc(-c2ccnc(Nc3ccc(-n4ccnn4)cc3)n2)cc(N2CCOCC2)c1. The van der Waals surface area contributed by atoms with Crippen LogP contribution in [-0.4, -0.2) is 56.2 Å². The Labute approximate surface area is 188 Å². The first-order valence-corrected chi connectivity index (χ1v) is 10.3. The maximum absolute atomic E-state index is 11.5. The average molecular weight is 444 g/mol. The molecule has 0 bridgehead atoms. The fraction of sp³-hybridized carbons (Fsp3) is 0.182. The van der Waals surface area contributed by atoms with Crippen molar-refractivity contribution in [1.82, 2.24) is 25.0 Å². The van der Waals surface area contributed by atoms with Gasteiger partial charge < -0.3 is 15.0 Å². The smallest absolute Gasteiger partial charge is 0.272 e. The lowest BCUT2D eigenvalue weighted by atomic mass is 10.1. The maximum Gasteiger partial charge on any atom is 0.272 e. The van der Waals surface area contributed by atoms with E-state index >= 15 is 0 Å². The molecular weight excluding hydrogens is 424 g/mol. The van der Waals surface area contributed by atoms with Crippen molar-refractivity contribution >= 4 is 23.0 Å². The summed E-state index contributed by atoms with van der Waals surface area (Å²) in [5.74, 6) is 0.389. The quantitative estimate of drug-likeness (QED) is 0.352. The monoisotopic (exact) mass is 444 g/mol. The number of rotatable bonds is 6. The van der Waals surface area contributed by atoms with E-state index in [4.69, 9.17) is 4.74 Å². The van der Waals surface area contributed by atoms with Crippen LogP contribution in [0.25, 0.3) is 16.9 Å². The fourth-order valence-electron chi connectivity index (χ4n) is 3.60. The number of ether oxygens (including phenoxy) is 1. The van der Waals surface area contributed by atoms with Gasteiger partial charge in [0.1, 0.15) is 0 Å². The fourth-order valence-corrected chi connectivity index (χ4v) is 3.60. The molecule has 2 aromatic heterocycles. The van der Waals surface area contributed by atoms with Gasteiger partial charge in [-0.25, -0.2) is 14.6 Å². The molecule has 1 N–H and O–H groups in total. The summed E-state index contributed by atoms with van der Waals surface area (Å²) in [4.78, 5) is 22.1. The van der Waals surface area contributed by atoms with E-state index in [1.807, 2.05) is 30.3 Å². The number of nitro benzene ring substituents is 1. The van der Waals surface area contributed by atoms with Crippen LogP contribution in [0, 0.1) is 10.1 Å². The van der Waals surface area contributed by atoms with Crippen LogP contribution in [0.3, 0.4) is 0 Å². The van der Waals surface area contributed by atoms with Gasteiger partial charge in [-0.1, -0.05) is 5.21 Å². The van der Waals surface area contributed by atoms with Crippen molar-refractivity contribution in [3.8, 4) is 16.9 Å². The lowest BCUT2D eigenvalue weighted by Crippen LogP contribution is -2.36. The van der Waals surface area contributed by atoms with Gasteiger partial charge in [-0.15, -0.1) is 5.10 Å². The van der Waals surface area contributed by atoms with Crippen LogP contribution in [0.1, 0.15) is 0 Å². The predicted octanol–water partition coefficient (Wildman–Crippen LogP) is 3.21. The van der Waals surface area contributed by atoms with Gasteiger partial charge in [-0.2, -0.15) is 0 Å². The van der Waals surface area contributed by atoms with E-state index in [1.165, 1.54) is 6.07 Å². The van der Waals surface area contributed by atoms with Gasteiger partial charge in [0.25, 0.3) is 5.69 Å². The number of anilines is 3. The molecule has 0 radical (unpaired) electrons. The second kappa shape index (κ2) is 9.01. The Morgan fingerprint density at radius 3 is 2.55 bits per heavy atom. The molecule has 5 rings (SSSR count). The van der Waals surface area contributed by atoms with Gasteiger partial charge in [0, 0.05) is 48.4 Å². The van der Waals surface area contributed by atoms with Crippen molar-refractivity contribution in [1.29, 1.82) is 0 Å². The molecule has 1 fully saturated rings. The number of nitrogens with zero attached hydrogens (tertiary/aromatic N) is 7. The molecule has 1 saturated heterocycles. The summed E-state index contributed by atoms with van der Waals surface area (Å²) in [5, 5.41) is 22.5. The lowest BCUT2D eigenvalue weighted by Gasteiger charge is -2.29. The van der Waals surface area contributed by atoms with Crippen molar-refractivity contribution < 1.29 is 9.66 Å². The number of morpholine rings is 1. The van der Waals surface area contributed by atoms with Gasteiger partial charge in [0.2, 0.25) is 5.95 Å². The number of hydrogen-bond acceptors (Lipinski definition) is 9. The average Bonchev–Trinajstić information content (AvgIpc) is 3.40. The van der Waals surface area contributed by atoms with E-state index in [0.717, 1.165) is 17.1 Å². The molecule has 3 heterocycles. The van der Waals surface area contributed by atoms with E-state index in [0.29, 0.717) is 43.5 Å². The zero-order valence-corrected chi connectivity index (χ0v) is 17.5. The van der Waals surface area contributed by atoms with E-state index < -0.39 is 0 Å². The van der Waals surface area contributed by atoms with Crippen molar-refractivity contribution in [2.45, 2.75) is 0 Å². The lowest BCUT2D eigenvalue weighted by molar-refractivity contribution is -0.384. The molecule has 2 aromatic carbocycles. The molecular formula is C22H20N8O3. The highest BCUT2D eigenvalue weighted by Gasteiger charge is 2.18. The third-order valence-corrected chi connectivity index (χ3v) is 5.25. The Kier molecular flexibility index (Phi) is 5.60. The molecule has 33 heavy (non-hydrogen) atoms. The second-order valence-corrected chi connectivity index (χ2v) is 7.38. The zero-order valence-electron chi connectivity index (χ0n) is 17.5. The van der Waals surface area contributed by atoms with Crippen molar-refractivity contribution in [3.05, 3.63) is 77.2 Å². The third-order valence-electron chi connectivity index (χ3n) is 5.25. The van der Waals surface area contributed by atoms with Crippen molar-refractivity contribution in [2.75, 3.05) is 36.5 Å². The van der Waals surface area contributed by atoms with Crippen molar-refractivity contribution in [2.24, 2.45) is 0 Å². The zero-order chi connectivity index (χ0) is 22.6. The van der Waals surface area contributed by atoms with Gasteiger partial charge >= 0.3 is 0 Å². The molecule has 4 aromatic rings. The van der Waals surface area contributed by atoms with E-state index in [-0.39, 0.29) is 10.6 Å². The summed E-state index contributed by atoms with van der Waals surface area (Å²) in [7, 11) is 0. The van der Waals surface area contributed by atoms with E-state index in [2.05, 4.69) is 30.5 Å². The van der Waals surface area contributed by atoms with E-state index in [1.54, 1.807) is 35.4 Å². The van der Waals surface area contributed by atoms with Gasteiger partial charge in [0.15, 0.2) is 0 Å². The van der Waals surface area contributed by atoms with Crippen LogP contribution in [-0.2, 0) is 4.74 Å². The summed E-state index contributed by atoms with van der Waals surface area (Å²) >= 11 is 0. The molecule has 0 spiro atoms. The Bertz CT molecular complexity index is 1260. The minimum Gasteiger partial charge on any atom is -0.378 e. The Morgan fingerprint density at radius 1 is 1.00 bits per heavy atom. The molecule has 0 atom stereocenters. The summed E-state index contributed by atoms with van der Waals surface area (Å²) in [6.45, 7) is 2.55. The molecule has 11 nitrogen and oxygen atoms in total.